The number of ether oxygens (including phenoxy) is 6. The van der Waals surface area contributed by atoms with Crippen molar-refractivity contribution < 1.29 is 38.0 Å². The fraction of sp³-hybridized carbons (Fsp3) is 0.882. The molecular weight excluding hydrogens is 346 g/mol. The molecule has 0 amide bonds. The minimum atomic E-state index is -0.764. The van der Waals surface area contributed by atoms with Crippen LogP contribution in [-0.4, -0.2) is 89.2 Å². The number of hydrogen-bond acceptors (Lipinski definition) is 9. The molecule has 0 aromatic heterocycles. The molecule has 0 spiro atoms. The Bertz CT molecular complexity index is 379. The molecule has 1 atom stereocenters. The highest BCUT2D eigenvalue weighted by Crippen LogP contribution is 2.11. The summed E-state index contributed by atoms with van der Waals surface area (Å²) in [5.74, 6) is -0.881. The van der Waals surface area contributed by atoms with Crippen LogP contribution in [0.5, 0.6) is 0 Å². The molecule has 0 aromatic carbocycles. The zero-order chi connectivity index (χ0) is 19.0. The van der Waals surface area contributed by atoms with Gasteiger partial charge >= 0.3 is 11.9 Å². The highest BCUT2D eigenvalue weighted by Gasteiger charge is 2.30. The summed E-state index contributed by atoms with van der Waals surface area (Å²) in [6, 6.07) is 0. The van der Waals surface area contributed by atoms with Gasteiger partial charge in [0.25, 0.3) is 0 Å². The van der Waals surface area contributed by atoms with Crippen molar-refractivity contribution in [3.63, 3.8) is 0 Å². The summed E-state index contributed by atoms with van der Waals surface area (Å²) < 4.78 is 30.9. The third-order valence-corrected chi connectivity index (χ3v) is 3.64. The minimum absolute atomic E-state index is 0.181. The number of carbonyl (C=O) groups is 2. The predicted molar refractivity (Wildman–Crippen MR) is 91.4 cm³/mol. The molecule has 26 heavy (non-hydrogen) atoms. The molecule has 152 valence electrons. The maximum Gasteiger partial charge on any atom is 0.347 e. The molecular formula is C17H31NO8. The Labute approximate surface area is 154 Å². The van der Waals surface area contributed by atoms with Crippen LogP contribution >= 0.6 is 0 Å². The summed E-state index contributed by atoms with van der Waals surface area (Å²) in [6.45, 7) is 8.50. The molecule has 1 fully saturated rings. The third kappa shape index (κ3) is 10.7. The van der Waals surface area contributed by atoms with Gasteiger partial charge in [-0.25, -0.2) is 4.79 Å². The van der Waals surface area contributed by atoms with E-state index in [0.717, 1.165) is 0 Å². The molecule has 1 aliphatic heterocycles. The first-order valence-corrected chi connectivity index (χ1v) is 9.06. The standard InChI is InChI=1S/C17H31NO8/c1-3-21-13-23-11-8-18(9-12-24-14-22-4-2)7-5-16(19)26-15-6-10-25-17(15)20/h15H,3-14H2,1-2H3. The Morgan fingerprint density at radius 1 is 1.04 bits per heavy atom. The van der Waals surface area contributed by atoms with E-state index in [9.17, 15) is 9.59 Å². The Morgan fingerprint density at radius 3 is 2.15 bits per heavy atom. The molecule has 0 bridgehead atoms. The lowest BCUT2D eigenvalue weighted by Crippen LogP contribution is -2.34. The molecule has 1 rings (SSSR count). The maximum atomic E-state index is 11.9. The van der Waals surface area contributed by atoms with Gasteiger partial charge in [0, 0.05) is 39.3 Å². The smallest absolute Gasteiger partial charge is 0.347 e. The summed E-state index contributed by atoms with van der Waals surface area (Å²) in [5.41, 5.74) is 0. The van der Waals surface area contributed by atoms with Crippen LogP contribution in [0.2, 0.25) is 0 Å². The second-order valence-corrected chi connectivity index (χ2v) is 5.56. The van der Waals surface area contributed by atoms with Crippen molar-refractivity contribution in [2.24, 2.45) is 0 Å². The van der Waals surface area contributed by atoms with Gasteiger partial charge in [0.15, 0.2) is 0 Å². The molecule has 0 aromatic rings. The molecule has 9 heteroatoms. The van der Waals surface area contributed by atoms with E-state index in [1.807, 2.05) is 18.7 Å². The van der Waals surface area contributed by atoms with E-state index < -0.39 is 18.0 Å². The van der Waals surface area contributed by atoms with Crippen LogP contribution in [0.3, 0.4) is 0 Å². The topological polar surface area (TPSA) is 92.8 Å². The van der Waals surface area contributed by atoms with E-state index in [1.165, 1.54) is 0 Å². The van der Waals surface area contributed by atoms with Gasteiger partial charge in [-0.15, -0.1) is 0 Å². The summed E-state index contributed by atoms with van der Waals surface area (Å²) >= 11 is 0. The first-order chi connectivity index (χ1) is 12.7. The van der Waals surface area contributed by atoms with Crippen LogP contribution in [0.1, 0.15) is 26.7 Å². The SMILES string of the molecule is CCOCOCCN(CCOCOCC)CCC(=O)OC1CCOC1=O. The molecule has 0 saturated carbocycles. The van der Waals surface area contributed by atoms with Crippen molar-refractivity contribution in [1.82, 2.24) is 4.90 Å². The van der Waals surface area contributed by atoms with Gasteiger partial charge < -0.3 is 28.4 Å². The maximum absolute atomic E-state index is 11.9. The Balaban J connectivity index is 2.26. The lowest BCUT2D eigenvalue weighted by atomic mass is 10.3. The number of esters is 2. The summed E-state index contributed by atoms with van der Waals surface area (Å²) in [7, 11) is 0. The van der Waals surface area contributed by atoms with Gasteiger partial charge in [-0.05, 0) is 13.8 Å². The Hall–Kier alpha value is -1.26. The number of hydrogen-bond donors (Lipinski definition) is 0. The van der Waals surface area contributed by atoms with Gasteiger partial charge in [0.05, 0.1) is 26.2 Å². The first-order valence-electron chi connectivity index (χ1n) is 9.06. The van der Waals surface area contributed by atoms with Gasteiger partial charge in [-0.1, -0.05) is 0 Å². The normalized spacial score (nSPS) is 16.9. The van der Waals surface area contributed by atoms with Crippen LogP contribution < -0.4 is 0 Å². The van der Waals surface area contributed by atoms with Crippen LogP contribution in [0.4, 0.5) is 0 Å². The number of nitrogens with zero attached hydrogens (tertiary/aromatic N) is 1. The summed E-state index contributed by atoms with van der Waals surface area (Å²) in [5, 5.41) is 0. The van der Waals surface area contributed by atoms with Crippen molar-refractivity contribution in [3.8, 4) is 0 Å². The van der Waals surface area contributed by atoms with Crippen molar-refractivity contribution in [3.05, 3.63) is 0 Å². The van der Waals surface area contributed by atoms with Crippen molar-refractivity contribution in [2.45, 2.75) is 32.8 Å². The van der Waals surface area contributed by atoms with E-state index in [-0.39, 0.29) is 20.0 Å². The highest BCUT2D eigenvalue weighted by atomic mass is 16.7. The van der Waals surface area contributed by atoms with Crippen molar-refractivity contribution >= 4 is 11.9 Å². The molecule has 1 unspecified atom stereocenters. The second kappa shape index (κ2) is 14.9. The Morgan fingerprint density at radius 2 is 1.65 bits per heavy atom. The van der Waals surface area contributed by atoms with Crippen molar-refractivity contribution in [2.75, 3.05) is 66.3 Å². The molecule has 0 radical (unpaired) electrons. The molecule has 0 aliphatic carbocycles. The highest BCUT2D eigenvalue weighted by molar-refractivity contribution is 5.80. The van der Waals surface area contributed by atoms with Gasteiger partial charge in [0.1, 0.15) is 13.6 Å². The van der Waals surface area contributed by atoms with Crippen LogP contribution in [0, 0.1) is 0 Å². The minimum Gasteiger partial charge on any atom is -0.463 e. The van der Waals surface area contributed by atoms with E-state index in [2.05, 4.69) is 0 Å². The number of cyclic esters (lactones) is 1. The fourth-order valence-electron chi connectivity index (χ4n) is 2.18. The second-order valence-electron chi connectivity index (χ2n) is 5.56. The van der Waals surface area contributed by atoms with Gasteiger partial charge in [-0.2, -0.15) is 0 Å². The van der Waals surface area contributed by atoms with Gasteiger partial charge in [-0.3, -0.25) is 9.69 Å². The molecule has 0 N–H and O–H groups in total. The fourth-order valence-corrected chi connectivity index (χ4v) is 2.18. The average Bonchev–Trinajstić information content (AvgIpc) is 3.03. The van der Waals surface area contributed by atoms with Crippen molar-refractivity contribution in [1.29, 1.82) is 0 Å². The number of rotatable bonds is 16. The van der Waals surface area contributed by atoms with Gasteiger partial charge in [0.2, 0.25) is 6.10 Å². The van der Waals surface area contributed by atoms with Crippen LogP contribution in [0.25, 0.3) is 0 Å². The zero-order valence-electron chi connectivity index (χ0n) is 15.8. The molecule has 1 heterocycles. The Kier molecular flexibility index (Phi) is 13.0. The molecule has 9 nitrogen and oxygen atoms in total. The molecule has 1 aliphatic rings. The monoisotopic (exact) mass is 377 g/mol. The predicted octanol–water partition coefficient (Wildman–Crippen LogP) is 0.558. The van der Waals surface area contributed by atoms with E-state index >= 15 is 0 Å². The quantitative estimate of drug-likeness (QED) is 0.217. The van der Waals surface area contributed by atoms with Crippen LogP contribution in [-0.2, 0) is 38.0 Å². The summed E-state index contributed by atoms with van der Waals surface area (Å²) in [4.78, 5) is 25.3. The van der Waals surface area contributed by atoms with E-state index in [4.69, 9.17) is 28.4 Å². The van der Waals surface area contributed by atoms with Crippen LogP contribution in [0.15, 0.2) is 0 Å². The third-order valence-electron chi connectivity index (χ3n) is 3.64. The number of carbonyl (C=O) groups excluding carboxylic acids is 2. The average molecular weight is 377 g/mol. The largest absolute Gasteiger partial charge is 0.463 e. The van der Waals surface area contributed by atoms with E-state index in [0.29, 0.717) is 59.1 Å². The lowest BCUT2D eigenvalue weighted by Gasteiger charge is -2.22. The first kappa shape index (κ1) is 22.8. The lowest BCUT2D eigenvalue weighted by molar-refractivity contribution is -0.160. The zero-order valence-corrected chi connectivity index (χ0v) is 15.8. The summed E-state index contributed by atoms with van der Waals surface area (Å²) in [6.07, 6.45) is -0.161. The molecule has 1 saturated heterocycles. The van der Waals surface area contributed by atoms with E-state index in [1.54, 1.807) is 0 Å².